The van der Waals surface area contributed by atoms with Crippen molar-refractivity contribution < 1.29 is 9.53 Å². The molecule has 1 aromatic rings. The molecule has 0 aromatic heterocycles. The molecular weight excluding hydrogens is 152 g/mol. The summed E-state index contributed by atoms with van der Waals surface area (Å²) in [5, 5.41) is 0. The van der Waals surface area contributed by atoms with E-state index in [9.17, 15) is 4.79 Å². The maximum Gasteiger partial charge on any atom is 0.150 e. The van der Waals surface area contributed by atoms with E-state index in [1.165, 1.54) is 0 Å². The third kappa shape index (κ3) is 0.925. The van der Waals surface area contributed by atoms with Crippen molar-refractivity contribution in [3.63, 3.8) is 0 Å². The van der Waals surface area contributed by atoms with Gasteiger partial charge in [-0.15, -0.1) is 0 Å². The van der Waals surface area contributed by atoms with Gasteiger partial charge in [0.25, 0.3) is 0 Å². The first-order chi connectivity index (χ1) is 5.81. The highest BCUT2D eigenvalue weighted by Gasteiger charge is 2.15. The highest BCUT2D eigenvalue weighted by molar-refractivity contribution is 5.77. The Labute approximate surface area is 70.5 Å². The zero-order valence-electron chi connectivity index (χ0n) is 6.54. The van der Waals surface area contributed by atoms with Crippen LogP contribution < -0.4 is 0 Å². The zero-order valence-corrected chi connectivity index (χ0v) is 6.54. The van der Waals surface area contributed by atoms with Crippen LogP contribution in [0, 0.1) is 0 Å². The molecule has 0 saturated heterocycles. The molecule has 2 heteroatoms. The monoisotopic (exact) mass is 160 g/mol. The zero-order chi connectivity index (χ0) is 8.55. The fraction of sp³-hybridized carbons (Fsp3) is 0.100. The van der Waals surface area contributed by atoms with Gasteiger partial charge in [0.1, 0.15) is 18.7 Å². The molecule has 60 valence electrons. The lowest BCUT2D eigenvalue weighted by Crippen LogP contribution is -1.85. The average molecular weight is 160 g/mol. The topological polar surface area (TPSA) is 26.3 Å². The van der Waals surface area contributed by atoms with Crippen LogP contribution in [0.2, 0.25) is 0 Å². The van der Waals surface area contributed by atoms with Crippen molar-refractivity contribution in [3.8, 4) is 0 Å². The number of carbonyl (C=O) groups is 1. The van der Waals surface area contributed by atoms with Gasteiger partial charge in [-0.25, -0.2) is 0 Å². The van der Waals surface area contributed by atoms with Crippen molar-refractivity contribution in [2.75, 3.05) is 0 Å². The Morgan fingerprint density at radius 3 is 3.08 bits per heavy atom. The van der Waals surface area contributed by atoms with E-state index in [0.717, 1.165) is 17.4 Å². The molecule has 0 amide bonds. The fourth-order valence-corrected chi connectivity index (χ4v) is 1.32. The molecule has 12 heavy (non-hydrogen) atoms. The Bertz CT molecular complexity index is 353. The van der Waals surface area contributed by atoms with Gasteiger partial charge in [-0.3, -0.25) is 4.79 Å². The van der Waals surface area contributed by atoms with E-state index in [-0.39, 0.29) is 0 Å². The molecule has 1 heterocycles. The summed E-state index contributed by atoms with van der Waals surface area (Å²) in [5.41, 5.74) is 2.75. The van der Waals surface area contributed by atoms with Crippen LogP contribution >= 0.6 is 0 Å². The number of rotatable bonds is 1. The van der Waals surface area contributed by atoms with Crippen molar-refractivity contribution >= 4 is 12.0 Å². The molecule has 1 aliphatic heterocycles. The average Bonchev–Trinajstić information content (AvgIpc) is 2.47. The van der Waals surface area contributed by atoms with Crippen LogP contribution in [0.5, 0.6) is 0 Å². The van der Waals surface area contributed by atoms with Gasteiger partial charge in [-0.05, 0) is 6.07 Å². The van der Waals surface area contributed by atoms with Gasteiger partial charge in [0.05, 0.1) is 0 Å². The third-order valence-electron chi connectivity index (χ3n) is 1.97. The summed E-state index contributed by atoms with van der Waals surface area (Å²) in [6.07, 6.45) is 0.835. The largest absolute Gasteiger partial charge is 0.489 e. The molecule has 0 aliphatic carbocycles. The maximum atomic E-state index is 10.4. The number of ether oxygens (including phenoxy) is 1. The van der Waals surface area contributed by atoms with Crippen LogP contribution in [0.1, 0.15) is 21.5 Å². The summed E-state index contributed by atoms with van der Waals surface area (Å²) in [7, 11) is 0. The summed E-state index contributed by atoms with van der Waals surface area (Å²) >= 11 is 0. The lowest BCUT2D eigenvalue weighted by molar-refractivity contribution is 0.112. The Morgan fingerprint density at radius 1 is 1.50 bits per heavy atom. The minimum absolute atomic E-state index is 0.538. The van der Waals surface area contributed by atoms with E-state index in [4.69, 9.17) is 4.74 Å². The number of carbonyl (C=O) groups excluding carboxylic acids is 1. The van der Waals surface area contributed by atoms with Gasteiger partial charge in [0, 0.05) is 16.7 Å². The van der Waals surface area contributed by atoms with Crippen molar-refractivity contribution in [1.82, 2.24) is 0 Å². The second-order valence-electron chi connectivity index (χ2n) is 2.75. The van der Waals surface area contributed by atoms with Gasteiger partial charge in [0.15, 0.2) is 0 Å². The van der Waals surface area contributed by atoms with E-state index in [0.29, 0.717) is 17.9 Å². The van der Waals surface area contributed by atoms with Crippen molar-refractivity contribution in [3.05, 3.63) is 41.5 Å². The van der Waals surface area contributed by atoms with Gasteiger partial charge in [-0.1, -0.05) is 18.7 Å². The summed E-state index contributed by atoms with van der Waals surface area (Å²) < 4.78 is 5.21. The van der Waals surface area contributed by atoms with Crippen LogP contribution in [0.3, 0.4) is 0 Å². The molecule has 1 aliphatic rings. The first kappa shape index (κ1) is 7.10. The van der Waals surface area contributed by atoms with Crippen LogP contribution in [-0.2, 0) is 11.3 Å². The molecule has 0 fully saturated rings. The Hall–Kier alpha value is -1.57. The van der Waals surface area contributed by atoms with Gasteiger partial charge < -0.3 is 4.74 Å². The molecule has 0 bridgehead atoms. The second-order valence-corrected chi connectivity index (χ2v) is 2.75. The number of aldehydes is 1. The second kappa shape index (κ2) is 2.48. The molecule has 0 unspecified atom stereocenters. The van der Waals surface area contributed by atoms with Crippen LogP contribution in [-0.4, -0.2) is 6.29 Å². The minimum atomic E-state index is 0.538. The van der Waals surface area contributed by atoms with Crippen molar-refractivity contribution in [2.45, 2.75) is 6.61 Å². The van der Waals surface area contributed by atoms with E-state index in [2.05, 4.69) is 6.58 Å². The molecule has 0 radical (unpaired) electrons. The molecule has 1 aromatic carbocycles. The first-order valence-corrected chi connectivity index (χ1v) is 3.71. The lowest BCUT2D eigenvalue weighted by atomic mass is 10.1. The minimum Gasteiger partial charge on any atom is -0.489 e. The van der Waals surface area contributed by atoms with Gasteiger partial charge >= 0.3 is 0 Å². The number of benzene rings is 1. The number of hydrogen-bond donors (Lipinski definition) is 0. The van der Waals surface area contributed by atoms with E-state index >= 15 is 0 Å². The predicted molar refractivity (Wildman–Crippen MR) is 45.7 cm³/mol. The molecule has 0 atom stereocenters. The first-order valence-electron chi connectivity index (χ1n) is 3.71. The van der Waals surface area contributed by atoms with E-state index in [1.807, 2.05) is 12.1 Å². The summed E-state index contributed by atoms with van der Waals surface area (Å²) in [5.74, 6) is 0.697. The SMILES string of the molecule is C=C1OCc2cc(C=O)ccc21. The molecule has 2 nitrogen and oxygen atoms in total. The Kier molecular flexibility index (Phi) is 1.47. The third-order valence-corrected chi connectivity index (χ3v) is 1.97. The molecular formula is C10H8O2. The van der Waals surface area contributed by atoms with E-state index < -0.39 is 0 Å². The summed E-state index contributed by atoms with van der Waals surface area (Å²) in [4.78, 5) is 10.4. The van der Waals surface area contributed by atoms with Crippen molar-refractivity contribution in [2.24, 2.45) is 0 Å². The van der Waals surface area contributed by atoms with Crippen LogP contribution in [0.25, 0.3) is 5.76 Å². The van der Waals surface area contributed by atoms with Crippen molar-refractivity contribution in [1.29, 1.82) is 0 Å². The highest BCUT2D eigenvalue weighted by atomic mass is 16.5. The maximum absolute atomic E-state index is 10.4. The Balaban J connectivity index is 2.55. The normalized spacial score (nSPS) is 13.8. The van der Waals surface area contributed by atoms with Crippen LogP contribution in [0.15, 0.2) is 24.8 Å². The summed E-state index contributed by atoms with van der Waals surface area (Å²) in [6, 6.07) is 5.47. The quantitative estimate of drug-likeness (QED) is 0.587. The molecule has 2 rings (SSSR count). The van der Waals surface area contributed by atoms with Crippen LogP contribution in [0.4, 0.5) is 0 Å². The molecule has 0 N–H and O–H groups in total. The predicted octanol–water partition coefficient (Wildman–Crippen LogP) is 2.00. The highest BCUT2D eigenvalue weighted by Crippen LogP contribution is 2.28. The molecule has 0 spiro atoms. The van der Waals surface area contributed by atoms with Gasteiger partial charge in [0.2, 0.25) is 0 Å². The Morgan fingerprint density at radius 2 is 2.33 bits per heavy atom. The molecule has 0 saturated carbocycles. The standard InChI is InChI=1S/C10H8O2/c1-7-10-3-2-8(5-11)4-9(10)6-12-7/h2-5H,1,6H2. The number of fused-ring (bicyclic) bond motifs is 1. The number of hydrogen-bond acceptors (Lipinski definition) is 2. The lowest BCUT2D eigenvalue weighted by Gasteiger charge is -1.95. The van der Waals surface area contributed by atoms with Gasteiger partial charge in [-0.2, -0.15) is 0 Å². The smallest absolute Gasteiger partial charge is 0.150 e. The van der Waals surface area contributed by atoms with E-state index in [1.54, 1.807) is 6.07 Å². The summed E-state index contributed by atoms with van der Waals surface area (Å²) in [6.45, 7) is 4.28. The fourth-order valence-electron chi connectivity index (χ4n) is 1.32.